The summed E-state index contributed by atoms with van der Waals surface area (Å²) in [6.45, 7) is 11.3. The Hall–Kier alpha value is -2.76. The Morgan fingerprint density at radius 3 is 2.43 bits per heavy atom. The smallest absolute Gasteiger partial charge is 0.191 e. The monoisotopic (exact) mass is 384 g/mol. The number of para-hydroxylation sites is 1. The first-order chi connectivity index (χ1) is 13.2. The van der Waals surface area contributed by atoms with Gasteiger partial charge in [-0.3, -0.25) is 9.98 Å². The minimum atomic E-state index is -0.246. The number of hydrogen-bond donors (Lipinski definition) is 2. The second-order valence-corrected chi connectivity index (χ2v) is 7.65. The first-order valence-corrected chi connectivity index (χ1v) is 9.45. The van der Waals surface area contributed by atoms with Crippen molar-refractivity contribution < 1.29 is 9.47 Å². The number of aliphatic imine (C=N–C) groups is 1. The van der Waals surface area contributed by atoms with Crippen molar-refractivity contribution >= 4 is 5.96 Å². The van der Waals surface area contributed by atoms with Gasteiger partial charge in [0.05, 0.1) is 19.3 Å². The molecule has 0 bridgehead atoms. The van der Waals surface area contributed by atoms with E-state index in [1.165, 1.54) is 0 Å². The fourth-order valence-electron chi connectivity index (χ4n) is 2.90. The van der Waals surface area contributed by atoms with Crippen LogP contribution in [0.25, 0.3) is 0 Å². The van der Waals surface area contributed by atoms with E-state index in [-0.39, 0.29) is 5.60 Å². The van der Waals surface area contributed by atoms with Gasteiger partial charge in [-0.25, -0.2) is 0 Å². The third-order valence-corrected chi connectivity index (χ3v) is 4.23. The Kier molecular flexibility index (Phi) is 7.26. The zero-order chi connectivity index (χ0) is 20.7. The molecule has 0 radical (unpaired) electrons. The Labute approximate surface area is 168 Å². The van der Waals surface area contributed by atoms with Crippen molar-refractivity contribution in [3.05, 3.63) is 52.8 Å². The highest BCUT2D eigenvalue weighted by Crippen LogP contribution is 2.24. The molecular weight excluding hydrogens is 352 g/mol. The summed E-state index contributed by atoms with van der Waals surface area (Å²) in [7, 11) is 3.44. The van der Waals surface area contributed by atoms with E-state index in [4.69, 9.17) is 9.47 Å². The quantitative estimate of drug-likeness (QED) is 0.586. The molecule has 0 aliphatic rings. The molecule has 1 aromatic heterocycles. The third kappa shape index (κ3) is 5.87. The summed E-state index contributed by atoms with van der Waals surface area (Å²) in [6, 6.07) is 8.04. The molecule has 0 unspecified atom stereocenters. The molecule has 0 saturated heterocycles. The highest BCUT2D eigenvalue weighted by atomic mass is 16.5. The number of hydrogen-bond acceptors (Lipinski definition) is 4. The molecule has 6 nitrogen and oxygen atoms in total. The lowest BCUT2D eigenvalue weighted by Crippen LogP contribution is -2.37. The molecule has 1 aromatic carbocycles. The van der Waals surface area contributed by atoms with E-state index in [0.717, 1.165) is 33.9 Å². The Bertz CT molecular complexity index is 826. The first kappa shape index (κ1) is 21.5. The van der Waals surface area contributed by atoms with Crippen molar-refractivity contribution in [3.8, 4) is 11.5 Å². The average molecular weight is 385 g/mol. The van der Waals surface area contributed by atoms with E-state index in [1.807, 2.05) is 59.0 Å². The van der Waals surface area contributed by atoms with Crippen LogP contribution in [0.15, 0.2) is 35.5 Å². The van der Waals surface area contributed by atoms with Gasteiger partial charge < -0.3 is 20.1 Å². The number of rotatable bonds is 6. The minimum Gasteiger partial charge on any atom is -0.496 e. The van der Waals surface area contributed by atoms with Crippen LogP contribution in [0.1, 0.15) is 43.2 Å². The molecule has 28 heavy (non-hydrogen) atoms. The fraction of sp³-hybridized carbons (Fsp3) is 0.455. The summed E-state index contributed by atoms with van der Waals surface area (Å²) in [5.41, 5.74) is 3.83. The maximum absolute atomic E-state index is 6.06. The topological polar surface area (TPSA) is 67.8 Å². The molecular formula is C22H32N4O2. The molecule has 152 valence electrons. The van der Waals surface area contributed by atoms with Gasteiger partial charge in [0.2, 0.25) is 0 Å². The molecule has 1 heterocycles. The lowest BCUT2D eigenvalue weighted by atomic mass is 10.1. The van der Waals surface area contributed by atoms with Gasteiger partial charge in [-0.2, -0.15) is 0 Å². The first-order valence-electron chi connectivity index (χ1n) is 9.45. The van der Waals surface area contributed by atoms with Crippen LogP contribution >= 0.6 is 0 Å². The SMILES string of the molecule is CN=C(NCc1ccccc1OC(C)(C)C)NCc1ncc(C)c(OC)c1C. The van der Waals surface area contributed by atoms with Crippen LogP contribution in [0, 0.1) is 13.8 Å². The number of aromatic nitrogens is 1. The molecule has 2 N–H and O–H groups in total. The molecule has 0 saturated carbocycles. The molecule has 0 atom stereocenters. The number of guanidine groups is 1. The second kappa shape index (κ2) is 9.44. The van der Waals surface area contributed by atoms with Crippen molar-refractivity contribution in [3.63, 3.8) is 0 Å². The predicted octanol–water partition coefficient (Wildman–Crippen LogP) is 3.75. The lowest BCUT2D eigenvalue weighted by molar-refractivity contribution is 0.129. The maximum Gasteiger partial charge on any atom is 0.191 e. The van der Waals surface area contributed by atoms with Gasteiger partial charge >= 0.3 is 0 Å². The van der Waals surface area contributed by atoms with Crippen molar-refractivity contribution in [2.45, 2.75) is 53.3 Å². The van der Waals surface area contributed by atoms with Gasteiger partial charge in [-0.1, -0.05) is 18.2 Å². The average Bonchev–Trinajstić information content (AvgIpc) is 2.63. The maximum atomic E-state index is 6.06. The van der Waals surface area contributed by atoms with Crippen LogP contribution in [0.4, 0.5) is 0 Å². The van der Waals surface area contributed by atoms with E-state index >= 15 is 0 Å². The second-order valence-electron chi connectivity index (χ2n) is 7.65. The van der Waals surface area contributed by atoms with E-state index in [1.54, 1.807) is 14.2 Å². The number of nitrogens with one attached hydrogen (secondary N) is 2. The summed E-state index contributed by atoms with van der Waals surface area (Å²) in [4.78, 5) is 8.83. The van der Waals surface area contributed by atoms with Crippen LogP contribution in [0.5, 0.6) is 11.5 Å². The van der Waals surface area contributed by atoms with Crippen molar-refractivity contribution in [2.24, 2.45) is 4.99 Å². The van der Waals surface area contributed by atoms with Crippen LogP contribution in [0.2, 0.25) is 0 Å². The van der Waals surface area contributed by atoms with Gasteiger partial charge in [0.15, 0.2) is 5.96 Å². The lowest BCUT2D eigenvalue weighted by Gasteiger charge is -2.23. The summed E-state index contributed by atoms with van der Waals surface area (Å²) in [5.74, 6) is 2.45. The Balaban J connectivity index is 2.02. The molecule has 0 amide bonds. The minimum absolute atomic E-state index is 0.246. The molecule has 2 rings (SSSR count). The van der Waals surface area contributed by atoms with Crippen LogP contribution in [-0.4, -0.2) is 30.7 Å². The van der Waals surface area contributed by atoms with Gasteiger partial charge in [0.25, 0.3) is 0 Å². The number of aryl methyl sites for hydroxylation is 1. The predicted molar refractivity (Wildman–Crippen MR) is 114 cm³/mol. The van der Waals surface area contributed by atoms with Crippen LogP contribution < -0.4 is 20.1 Å². The van der Waals surface area contributed by atoms with Crippen LogP contribution in [-0.2, 0) is 13.1 Å². The van der Waals surface area contributed by atoms with Crippen molar-refractivity contribution in [1.29, 1.82) is 0 Å². The standard InChI is InChI=1S/C22H32N4O2/c1-15-12-24-18(16(2)20(15)27-7)14-26-21(23-6)25-13-17-10-8-9-11-19(17)28-22(3,4)5/h8-12H,13-14H2,1-7H3,(H2,23,25,26). The molecule has 0 spiro atoms. The van der Waals surface area contributed by atoms with E-state index in [2.05, 4.69) is 26.7 Å². The van der Waals surface area contributed by atoms with Crippen molar-refractivity contribution in [1.82, 2.24) is 15.6 Å². The zero-order valence-electron chi connectivity index (χ0n) is 18.0. The number of ether oxygens (including phenoxy) is 2. The molecule has 0 fully saturated rings. The molecule has 0 aliphatic carbocycles. The molecule has 2 aromatic rings. The molecule has 0 aliphatic heterocycles. The van der Waals surface area contributed by atoms with Crippen molar-refractivity contribution in [2.75, 3.05) is 14.2 Å². The fourth-order valence-corrected chi connectivity index (χ4v) is 2.90. The summed E-state index contributed by atoms with van der Waals surface area (Å²) >= 11 is 0. The van der Waals surface area contributed by atoms with Gasteiger partial charge in [0, 0.05) is 36.5 Å². The highest BCUT2D eigenvalue weighted by Gasteiger charge is 2.15. The number of nitrogens with zero attached hydrogens (tertiary/aromatic N) is 2. The Morgan fingerprint density at radius 1 is 1.11 bits per heavy atom. The van der Waals surface area contributed by atoms with Crippen LogP contribution in [0.3, 0.4) is 0 Å². The Morgan fingerprint density at radius 2 is 1.79 bits per heavy atom. The van der Waals surface area contributed by atoms with Gasteiger partial charge in [-0.15, -0.1) is 0 Å². The van der Waals surface area contributed by atoms with Gasteiger partial charge in [0.1, 0.15) is 17.1 Å². The normalized spacial score (nSPS) is 11.9. The number of pyridine rings is 1. The third-order valence-electron chi connectivity index (χ3n) is 4.23. The number of benzene rings is 1. The molecule has 6 heteroatoms. The highest BCUT2D eigenvalue weighted by molar-refractivity contribution is 5.79. The van der Waals surface area contributed by atoms with E-state index in [9.17, 15) is 0 Å². The zero-order valence-corrected chi connectivity index (χ0v) is 18.0. The summed E-state index contributed by atoms with van der Waals surface area (Å²) in [6.07, 6.45) is 1.83. The number of methoxy groups -OCH3 is 1. The van der Waals surface area contributed by atoms with Gasteiger partial charge in [-0.05, 0) is 40.7 Å². The summed E-state index contributed by atoms with van der Waals surface area (Å²) < 4.78 is 11.5. The van der Waals surface area contributed by atoms with E-state index in [0.29, 0.717) is 19.0 Å². The van der Waals surface area contributed by atoms with E-state index < -0.39 is 0 Å². The summed E-state index contributed by atoms with van der Waals surface area (Å²) in [5, 5.41) is 6.66. The largest absolute Gasteiger partial charge is 0.496 e.